The van der Waals surface area contributed by atoms with Crippen LogP contribution in [0.5, 0.6) is 0 Å². The number of nitrogens with two attached hydrogens (primary N) is 1. The zero-order valence-electron chi connectivity index (χ0n) is 33.1. The molecule has 4 atom stereocenters. The maximum absolute atomic E-state index is 13.3. The SMILES string of the molecule is CC.CC.CC.CC(=O)OCc1ccc(NC(=O)C(CCCNC(N)=O)NC(=O)C(NC(=O)CCCCCN2C(=O)C(C)CC2C)C(C)C)cc1. The van der Waals surface area contributed by atoms with Gasteiger partial charge in [0.1, 0.15) is 18.7 Å². The fourth-order valence-corrected chi connectivity index (χ4v) is 5.24. The van der Waals surface area contributed by atoms with Crippen LogP contribution in [0.15, 0.2) is 24.3 Å². The van der Waals surface area contributed by atoms with Crippen LogP contribution in [0.2, 0.25) is 0 Å². The first kappa shape index (κ1) is 49.0. The Bertz CT molecular complexity index is 1180. The fourth-order valence-electron chi connectivity index (χ4n) is 5.24. The smallest absolute Gasteiger partial charge is 0.312 e. The molecular formula is C38H68N6O7. The third-order valence-corrected chi connectivity index (χ3v) is 7.77. The van der Waals surface area contributed by atoms with E-state index in [-0.39, 0.29) is 55.7 Å². The largest absolute Gasteiger partial charge is 0.461 e. The van der Waals surface area contributed by atoms with Gasteiger partial charge < -0.3 is 36.6 Å². The first-order valence-corrected chi connectivity index (χ1v) is 18.7. The molecule has 0 aromatic heterocycles. The Balaban J connectivity index is 0. The summed E-state index contributed by atoms with van der Waals surface area (Å²) in [7, 11) is 0. The molecule has 0 spiro atoms. The first-order chi connectivity index (χ1) is 24.3. The van der Waals surface area contributed by atoms with Gasteiger partial charge in [-0.2, -0.15) is 0 Å². The number of urea groups is 1. The van der Waals surface area contributed by atoms with E-state index in [4.69, 9.17) is 10.5 Å². The van der Waals surface area contributed by atoms with Crippen molar-refractivity contribution in [3.63, 3.8) is 0 Å². The van der Waals surface area contributed by atoms with Gasteiger partial charge in [0.2, 0.25) is 23.6 Å². The lowest BCUT2D eigenvalue weighted by molar-refractivity contribution is -0.142. The van der Waals surface area contributed by atoms with E-state index in [1.165, 1.54) is 6.92 Å². The molecule has 13 heteroatoms. The number of carbonyl (C=O) groups is 6. The van der Waals surface area contributed by atoms with Crippen molar-refractivity contribution in [1.82, 2.24) is 20.9 Å². The van der Waals surface area contributed by atoms with Crippen LogP contribution in [0.3, 0.4) is 0 Å². The van der Waals surface area contributed by atoms with Crippen LogP contribution in [-0.4, -0.2) is 71.7 Å². The molecule has 1 aromatic rings. The van der Waals surface area contributed by atoms with E-state index in [9.17, 15) is 28.8 Å². The topological polar surface area (TPSA) is 189 Å². The summed E-state index contributed by atoms with van der Waals surface area (Å²) in [6.07, 6.45) is 3.90. The molecule has 0 radical (unpaired) electrons. The molecule has 1 fully saturated rings. The molecule has 6 N–H and O–H groups in total. The predicted molar refractivity (Wildman–Crippen MR) is 204 cm³/mol. The molecule has 13 nitrogen and oxygen atoms in total. The Morgan fingerprint density at radius 1 is 0.882 bits per heavy atom. The van der Waals surface area contributed by atoms with Crippen molar-refractivity contribution in [1.29, 1.82) is 0 Å². The number of amides is 6. The number of hydrogen-bond donors (Lipinski definition) is 5. The number of unbranched alkanes of at least 4 members (excludes halogenated alkanes) is 2. The third-order valence-electron chi connectivity index (χ3n) is 7.77. The number of rotatable bonds is 18. The molecular weight excluding hydrogens is 652 g/mol. The molecule has 0 saturated carbocycles. The molecule has 6 amide bonds. The van der Waals surface area contributed by atoms with Crippen molar-refractivity contribution in [2.24, 2.45) is 17.6 Å². The zero-order valence-corrected chi connectivity index (χ0v) is 33.1. The van der Waals surface area contributed by atoms with Gasteiger partial charge in [0.05, 0.1) is 0 Å². The van der Waals surface area contributed by atoms with Gasteiger partial charge in [0.25, 0.3) is 0 Å². The summed E-state index contributed by atoms with van der Waals surface area (Å²) in [5, 5.41) is 10.8. The van der Waals surface area contributed by atoms with Gasteiger partial charge in [0, 0.05) is 44.1 Å². The summed E-state index contributed by atoms with van der Waals surface area (Å²) in [6.45, 7) is 22.0. The highest BCUT2D eigenvalue weighted by molar-refractivity contribution is 5.98. The Labute approximate surface area is 307 Å². The number of benzene rings is 1. The van der Waals surface area contributed by atoms with Crippen LogP contribution in [0.25, 0.3) is 0 Å². The average molecular weight is 721 g/mol. The maximum Gasteiger partial charge on any atom is 0.312 e. The normalized spacial score (nSPS) is 15.7. The summed E-state index contributed by atoms with van der Waals surface area (Å²) in [6, 6.07) is 4.47. The molecule has 1 aliphatic heterocycles. The highest BCUT2D eigenvalue weighted by Crippen LogP contribution is 2.24. The number of hydrogen-bond acceptors (Lipinski definition) is 7. The second kappa shape index (κ2) is 28.5. The third kappa shape index (κ3) is 20.3. The highest BCUT2D eigenvalue weighted by atomic mass is 16.5. The van der Waals surface area contributed by atoms with Gasteiger partial charge in [-0.3, -0.25) is 24.0 Å². The minimum absolute atomic E-state index is 0.0637. The Kier molecular flexibility index (Phi) is 27.4. The molecule has 0 bridgehead atoms. The van der Waals surface area contributed by atoms with Gasteiger partial charge in [0.15, 0.2) is 0 Å². The van der Waals surface area contributed by atoms with Crippen LogP contribution in [0.4, 0.5) is 10.5 Å². The van der Waals surface area contributed by atoms with E-state index in [1.54, 1.807) is 24.3 Å². The molecule has 4 unspecified atom stereocenters. The monoisotopic (exact) mass is 721 g/mol. The highest BCUT2D eigenvalue weighted by Gasteiger charge is 2.33. The Hall–Kier alpha value is -4.16. The lowest BCUT2D eigenvalue weighted by atomic mass is 10.0. The van der Waals surface area contributed by atoms with Crippen molar-refractivity contribution in [2.45, 2.75) is 146 Å². The molecule has 292 valence electrons. The number of carbonyl (C=O) groups excluding carboxylic acids is 6. The van der Waals surface area contributed by atoms with Crippen LogP contribution >= 0.6 is 0 Å². The van der Waals surface area contributed by atoms with E-state index in [0.29, 0.717) is 25.1 Å². The van der Waals surface area contributed by atoms with Crippen LogP contribution in [0.1, 0.15) is 127 Å². The lowest BCUT2D eigenvalue weighted by Crippen LogP contribution is -2.54. The van der Waals surface area contributed by atoms with Gasteiger partial charge in [-0.1, -0.05) is 80.9 Å². The summed E-state index contributed by atoms with van der Waals surface area (Å²) in [4.78, 5) is 75.6. The maximum atomic E-state index is 13.3. The van der Waals surface area contributed by atoms with Crippen molar-refractivity contribution < 1.29 is 33.5 Å². The van der Waals surface area contributed by atoms with Crippen LogP contribution in [-0.2, 0) is 35.3 Å². The van der Waals surface area contributed by atoms with Crippen LogP contribution in [0, 0.1) is 11.8 Å². The minimum atomic E-state index is -0.954. The number of nitrogens with zero attached hydrogens (tertiary/aromatic N) is 1. The predicted octanol–water partition coefficient (Wildman–Crippen LogP) is 5.66. The minimum Gasteiger partial charge on any atom is -0.461 e. The summed E-state index contributed by atoms with van der Waals surface area (Å²) in [5.74, 6) is -1.61. The van der Waals surface area contributed by atoms with Gasteiger partial charge >= 0.3 is 12.0 Å². The van der Waals surface area contributed by atoms with Crippen molar-refractivity contribution in [3.8, 4) is 0 Å². The second-order valence-corrected chi connectivity index (χ2v) is 12.1. The van der Waals surface area contributed by atoms with Crippen molar-refractivity contribution in [3.05, 3.63) is 29.8 Å². The molecule has 0 aliphatic carbocycles. The summed E-state index contributed by atoms with van der Waals surface area (Å²) in [5.41, 5.74) is 6.36. The van der Waals surface area contributed by atoms with E-state index in [2.05, 4.69) is 28.2 Å². The Morgan fingerprint density at radius 2 is 1.49 bits per heavy atom. The summed E-state index contributed by atoms with van der Waals surface area (Å²) < 4.78 is 4.98. The van der Waals surface area contributed by atoms with Crippen LogP contribution < -0.4 is 27.0 Å². The van der Waals surface area contributed by atoms with E-state index >= 15 is 0 Å². The van der Waals surface area contributed by atoms with E-state index < -0.39 is 35.9 Å². The van der Waals surface area contributed by atoms with Crippen molar-refractivity contribution in [2.75, 3.05) is 18.4 Å². The zero-order chi connectivity index (χ0) is 39.5. The Morgan fingerprint density at radius 3 is 2.00 bits per heavy atom. The van der Waals surface area contributed by atoms with Gasteiger partial charge in [-0.05, 0) is 62.6 Å². The number of primary amides is 1. The quantitative estimate of drug-likeness (QED) is 0.0956. The lowest BCUT2D eigenvalue weighted by Gasteiger charge is -2.25. The number of likely N-dealkylation sites (tertiary alicyclic amines) is 1. The number of ether oxygens (including phenoxy) is 1. The summed E-state index contributed by atoms with van der Waals surface area (Å²) >= 11 is 0. The molecule has 1 saturated heterocycles. The average Bonchev–Trinajstić information content (AvgIpc) is 3.35. The number of anilines is 1. The molecule has 1 heterocycles. The number of nitrogens with one attached hydrogen (secondary N) is 4. The molecule has 1 aliphatic rings. The number of esters is 1. The molecule has 2 rings (SSSR count). The van der Waals surface area contributed by atoms with Gasteiger partial charge in [-0.15, -0.1) is 0 Å². The molecule has 1 aromatic carbocycles. The second-order valence-electron chi connectivity index (χ2n) is 12.1. The molecule has 51 heavy (non-hydrogen) atoms. The first-order valence-electron chi connectivity index (χ1n) is 18.7. The van der Waals surface area contributed by atoms with E-state index in [0.717, 1.165) is 24.8 Å². The standard InChI is InChI=1S/C32H50N6O7.3C2H6/c1-20(2)28(37-27(40)11-7-6-8-17-38-22(4)18-21(3)31(38)43)30(42)36-26(10-9-16-34-32(33)44)29(41)35-25-14-12-24(13-15-25)19-45-23(5)39;3*1-2/h12-15,20-22,26,28H,6-11,16-19H2,1-5H3,(H,35,41)(H,36,42)(H,37,40)(H3,33,34,44);3*1-2H3. The fraction of sp³-hybridized carbons (Fsp3) is 0.684. The van der Waals surface area contributed by atoms with Crippen molar-refractivity contribution >= 4 is 41.3 Å². The van der Waals surface area contributed by atoms with Gasteiger partial charge in [-0.25, -0.2) is 4.79 Å². The van der Waals surface area contributed by atoms with E-state index in [1.807, 2.05) is 67.2 Å².